The van der Waals surface area contributed by atoms with Gasteiger partial charge in [0.15, 0.2) is 0 Å². The van der Waals surface area contributed by atoms with Crippen LogP contribution in [0.25, 0.3) is 0 Å². The zero-order valence-corrected chi connectivity index (χ0v) is 31.7. The Labute approximate surface area is 296 Å². The summed E-state index contributed by atoms with van der Waals surface area (Å²) in [5.74, 6) is 1.24. The Morgan fingerprint density at radius 1 is 0.735 bits per heavy atom. The van der Waals surface area contributed by atoms with E-state index in [-0.39, 0.29) is 23.9 Å². The summed E-state index contributed by atoms with van der Waals surface area (Å²) in [6.07, 6.45) is 7.81. The summed E-state index contributed by atoms with van der Waals surface area (Å²) >= 11 is 0. The predicted molar refractivity (Wildman–Crippen MR) is 198 cm³/mol. The molecular weight excluding hydrogens is 661 g/mol. The lowest BCUT2D eigenvalue weighted by Gasteiger charge is -2.39. The molecule has 2 heterocycles. The molecule has 0 bridgehead atoms. The third-order valence-electron chi connectivity index (χ3n) is 10.3. The van der Waals surface area contributed by atoms with Crippen molar-refractivity contribution in [3.8, 4) is 5.75 Å². The molecule has 5 rings (SSSR count). The van der Waals surface area contributed by atoms with E-state index in [2.05, 4.69) is 9.80 Å². The molecule has 1 saturated carbocycles. The van der Waals surface area contributed by atoms with E-state index >= 15 is 0 Å². The van der Waals surface area contributed by atoms with Crippen molar-refractivity contribution in [1.29, 1.82) is 0 Å². The first kappa shape index (κ1) is 37.8. The van der Waals surface area contributed by atoms with Crippen molar-refractivity contribution in [2.75, 3.05) is 103 Å². The molecule has 0 aromatic heterocycles. The summed E-state index contributed by atoms with van der Waals surface area (Å²) in [6, 6.07) is 14.9. The number of piperazine rings is 1. The third-order valence-corrected chi connectivity index (χ3v) is 14.2. The zero-order chi connectivity index (χ0) is 35.0. The van der Waals surface area contributed by atoms with E-state index in [0.29, 0.717) is 45.2 Å². The van der Waals surface area contributed by atoms with Gasteiger partial charge in [0.05, 0.1) is 12.0 Å². The fraction of sp³-hybridized carbons (Fsp3) is 0.667. The SMILES string of the molecule is COc1cccc(N2CCN(S(=O)(=O)N3CCCN(CC4CCCCC4)CCCN(S(=O)(=O)c4ccc(N(C)C)cc4)C[C@H](C)C3)CC2)c1. The van der Waals surface area contributed by atoms with E-state index in [0.717, 1.165) is 49.6 Å². The first-order valence-electron chi connectivity index (χ1n) is 18.1. The van der Waals surface area contributed by atoms with E-state index in [1.54, 1.807) is 32.2 Å². The molecule has 0 unspecified atom stereocenters. The van der Waals surface area contributed by atoms with Crippen molar-refractivity contribution in [1.82, 2.24) is 17.8 Å². The highest BCUT2D eigenvalue weighted by Crippen LogP contribution is 2.27. The van der Waals surface area contributed by atoms with Crippen LogP contribution < -0.4 is 14.5 Å². The van der Waals surface area contributed by atoms with Crippen LogP contribution in [0.1, 0.15) is 51.9 Å². The fourth-order valence-electron chi connectivity index (χ4n) is 7.55. The molecule has 2 aromatic carbocycles. The van der Waals surface area contributed by atoms with Crippen molar-refractivity contribution < 1.29 is 21.6 Å². The number of methoxy groups -OCH3 is 1. The van der Waals surface area contributed by atoms with E-state index in [1.165, 1.54) is 32.1 Å². The van der Waals surface area contributed by atoms with Crippen LogP contribution in [-0.4, -0.2) is 128 Å². The van der Waals surface area contributed by atoms with Gasteiger partial charge in [-0.3, -0.25) is 0 Å². The Morgan fingerprint density at radius 2 is 1.37 bits per heavy atom. The summed E-state index contributed by atoms with van der Waals surface area (Å²) in [5.41, 5.74) is 1.96. The topological polar surface area (TPSA) is 97.0 Å². The van der Waals surface area contributed by atoms with Gasteiger partial charge in [-0.25, -0.2) is 8.42 Å². The maximum absolute atomic E-state index is 14.3. The van der Waals surface area contributed by atoms with Crippen LogP contribution in [0.15, 0.2) is 53.4 Å². The Morgan fingerprint density at radius 3 is 2.00 bits per heavy atom. The van der Waals surface area contributed by atoms with Gasteiger partial charge in [0.2, 0.25) is 10.0 Å². The van der Waals surface area contributed by atoms with Crippen LogP contribution in [0, 0.1) is 11.8 Å². The first-order chi connectivity index (χ1) is 23.5. The number of ether oxygens (including phenoxy) is 1. The summed E-state index contributed by atoms with van der Waals surface area (Å²) in [4.78, 5) is 6.89. The summed E-state index contributed by atoms with van der Waals surface area (Å²) in [6.45, 7) is 7.88. The highest BCUT2D eigenvalue weighted by molar-refractivity contribution is 7.89. The molecule has 2 aliphatic heterocycles. The Kier molecular flexibility index (Phi) is 13.3. The van der Waals surface area contributed by atoms with E-state index < -0.39 is 20.2 Å². The van der Waals surface area contributed by atoms with Gasteiger partial charge in [-0.2, -0.15) is 21.3 Å². The van der Waals surface area contributed by atoms with Gasteiger partial charge in [-0.1, -0.05) is 32.3 Å². The molecule has 49 heavy (non-hydrogen) atoms. The quantitative estimate of drug-likeness (QED) is 0.376. The van der Waals surface area contributed by atoms with Gasteiger partial charge >= 0.3 is 0 Å². The molecule has 2 aromatic rings. The average molecular weight is 719 g/mol. The second kappa shape index (κ2) is 17.2. The smallest absolute Gasteiger partial charge is 0.282 e. The largest absolute Gasteiger partial charge is 0.497 e. The number of sulfonamides is 1. The van der Waals surface area contributed by atoms with Crippen molar-refractivity contribution in [3.63, 3.8) is 0 Å². The van der Waals surface area contributed by atoms with Crippen LogP contribution in [0.4, 0.5) is 11.4 Å². The highest BCUT2D eigenvalue weighted by Gasteiger charge is 2.35. The minimum Gasteiger partial charge on any atom is -0.497 e. The van der Waals surface area contributed by atoms with Gasteiger partial charge in [0.25, 0.3) is 10.2 Å². The second-order valence-corrected chi connectivity index (χ2v) is 18.2. The fourth-order valence-corrected chi connectivity index (χ4v) is 10.9. The number of benzene rings is 2. The van der Waals surface area contributed by atoms with Gasteiger partial charge < -0.3 is 19.4 Å². The van der Waals surface area contributed by atoms with E-state index in [4.69, 9.17) is 4.74 Å². The molecule has 0 amide bonds. The second-order valence-electron chi connectivity index (χ2n) is 14.3. The average Bonchev–Trinajstić information content (AvgIpc) is 3.10. The summed E-state index contributed by atoms with van der Waals surface area (Å²) in [7, 11) is -2.03. The molecule has 274 valence electrons. The van der Waals surface area contributed by atoms with Crippen LogP contribution >= 0.6 is 0 Å². The third kappa shape index (κ3) is 9.89. The molecule has 0 spiro atoms. The molecule has 2 saturated heterocycles. The molecule has 0 radical (unpaired) electrons. The monoisotopic (exact) mass is 718 g/mol. The van der Waals surface area contributed by atoms with Crippen LogP contribution in [0.2, 0.25) is 0 Å². The summed E-state index contributed by atoms with van der Waals surface area (Å²) in [5, 5.41) is 0. The lowest BCUT2D eigenvalue weighted by Crippen LogP contribution is -2.54. The molecule has 13 heteroatoms. The number of nitrogens with zero attached hydrogens (tertiary/aromatic N) is 6. The highest BCUT2D eigenvalue weighted by atomic mass is 32.2. The van der Waals surface area contributed by atoms with Crippen LogP contribution in [-0.2, 0) is 20.2 Å². The minimum atomic E-state index is -3.78. The van der Waals surface area contributed by atoms with Gasteiger partial charge in [-0.05, 0) is 87.0 Å². The van der Waals surface area contributed by atoms with Crippen LogP contribution in [0.3, 0.4) is 0 Å². The van der Waals surface area contributed by atoms with E-state index in [9.17, 15) is 16.8 Å². The number of rotatable bonds is 9. The lowest BCUT2D eigenvalue weighted by atomic mass is 9.89. The Balaban J connectivity index is 1.34. The maximum atomic E-state index is 14.3. The van der Waals surface area contributed by atoms with Crippen LogP contribution in [0.5, 0.6) is 5.75 Å². The summed E-state index contributed by atoms with van der Waals surface area (Å²) < 4.78 is 67.0. The first-order valence-corrected chi connectivity index (χ1v) is 20.9. The molecule has 1 aliphatic carbocycles. The Hall–Kier alpha value is -2.42. The van der Waals surface area contributed by atoms with Crippen molar-refractivity contribution in [3.05, 3.63) is 48.5 Å². The lowest BCUT2D eigenvalue weighted by molar-refractivity contribution is 0.179. The normalized spacial score (nSPS) is 22.7. The van der Waals surface area contributed by atoms with Gasteiger partial charge in [-0.15, -0.1) is 0 Å². The molecule has 11 nitrogen and oxygen atoms in total. The van der Waals surface area contributed by atoms with Gasteiger partial charge in [0, 0.05) is 90.4 Å². The van der Waals surface area contributed by atoms with Crippen molar-refractivity contribution >= 4 is 31.6 Å². The van der Waals surface area contributed by atoms with Crippen molar-refractivity contribution in [2.24, 2.45) is 11.8 Å². The standard InChI is InChI=1S/C36H58N6O5S2/c1-31-28-41(48(43,44)36-17-15-33(16-18-36)37(2)3)21-9-19-38(30-32-11-6-5-7-12-32)20-10-22-42(29-31)49(45,46)40-25-23-39(24-26-40)34-13-8-14-35(27-34)47-4/h8,13-18,27,31-32H,5-7,9-12,19-26,28-30H2,1-4H3/t31-/m0/s1. The Bertz CT molecular complexity index is 1540. The van der Waals surface area contributed by atoms with Gasteiger partial charge in [0.1, 0.15) is 5.75 Å². The molecule has 1 atom stereocenters. The zero-order valence-electron chi connectivity index (χ0n) is 30.0. The molecule has 3 aliphatic rings. The van der Waals surface area contributed by atoms with E-state index in [1.807, 2.05) is 62.3 Å². The van der Waals surface area contributed by atoms with Crippen molar-refractivity contribution in [2.45, 2.75) is 56.8 Å². The maximum Gasteiger partial charge on any atom is 0.282 e. The molecule has 3 fully saturated rings. The minimum absolute atomic E-state index is 0.193. The number of anilines is 2. The molecule has 0 N–H and O–H groups in total. The predicted octanol–water partition coefficient (Wildman–Crippen LogP) is 4.43. The number of hydrogen-bond acceptors (Lipinski definition) is 8. The molecular formula is C36H58N6O5S2. The number of hydrogen-bond donors (Lipinski definition) is 0.